The van der Waals surface area contributed by atoms with Crippen molar-refractivity contribution in [3.8, 4) is 0 Å². The van der Waals surface area contributed by atoms with Crippen molar-refractivity contribution in [1.82, 2.24) is 14.5 Å². The fourth-order valence-corrected chi connectivity index (χ4v) is 2.71. The maximum atomic E-state index is 13.1. The number of aryl methyl sites for hydroxylation is 1. The number of thioether (sulfide) groups is 1. The van der Waals surface area contributed by atoms with Crippen LogP contribution >= 0.6 is 11.8 Å². The van der Waals surface area contributed by atoms with E-state index in [0.29, 0.717) is 21.9 Å². The number of hydrogen-bond donors (Lipinski definition) is 1. The van der Waals surface area contributed by atoms with Crippen LogP contribution in [0.4, 0.5) is 8.78 Å². The zero-order valence-corrected chi connectivity index (χ0v) is 11.9. The number of aromatic nitrogens is 3. The van der Waals surface area contributed by atoms with Crippen LogP contribution in [0.15, 0.2) is 40.4 Å². The summed E-state index contributed by atoms with van der Waals surface area (Å²) in [6.07, 6.45) is 1.70. The SMILES string of the molecule is Cn1ccc(CSc2nc3cc(F)c(F)cc3[nH]2)cc1=O. The number of aromatic amines is 1. The molecule has 2 aromatic heterocycles. The van der Waals surface area contributed by atoms with E-state index in [4.69, 9.17) is 0 Å². The molecule has 1 N–H and O–H groups in total. The molecule has 0 aliphatic heterocycles. The van der Waals surface area contributed by atoms with Crippen molar-refractivity contribution >= 4 is 22.8 Å². The zero-order valence-electron chi connectivity index (χ0n) is 11.1. The number of pyridine rings is 1. The maximum absolute atomic E-state index is 13.1. The Hall–Kier alpha value is -2.15. The van der Waals surface area contributed by atoms with Crippen molar-refractivity contribution < 1.29 is 8.78 Å². The summed E-state index contributed by atoms with van der Waals surface area (Å²) < 4.78 is 27.7. The first kappa shape index (κ1) is 13.8. The molecule has 108 valence electrons. The van der Waals surface area contributed by atoms with E-state index in [-0.39, 0.29) is 5.56 Å². The van der Waals surface area contributed by atoms with Gasteiger partial charge >= 0.3 is 0 Å². The first-order valence-corrected chi connectivity index (χ1v) is 7.14. The van der Waals surface area contributed by atoms with Crippen LogP contribution in [0.3, 0.4) is 0 Å². The van der Waals surface area contributed by atoms with Crippen LogP contribution in [-0.2, 0) is 12.8 Å². The van der Waals surface area contributed by atoms with E-state index < -0.39 is 11.6 Å². The predicted octanol–water partition coefficient (Wildman–Crippen LogP) is 2.83. The maximum Gasteiger partial charge on any atom is 0.250 e. The van der Waals surface area contributed by atoms with Crippen LogP contribution in [0.2, 0.25) is 0 Å². The van der Waals surface area contributed by atoms with Gasteiger partial charge in [-0.2, -0.15) is 0 Å². The molecule has 21 heavy (non-hydrogen) atoms. The third-order valence-electron chi connectivity index (χ3n) is 3.05. The molecule has 0 saturated heterocycles. The van der Waals surface area contributed by atoms with Crippen LogP contribution in [0, 0.1) is 11.6 Å². The Kier molecular flexibility index (Phi) is 3.50. The van der Waals surface area contributed by atoms with E-state index in [9.17, 15) is 13.6 Å². The largest absolute Gasteiger partial charge is 0.333 e. The molecule has 0 atom stereocenters. The number of fused-ring (bicyclic) bond motifs is 1. The summed E-state index contributed by atoms with van der Waals surface area (Å²) >= 11 is 1.37. The van der Waals surface area contributed by atoms with Crippen molar-refractivity contribution in [3.05, 3.63) is 58.0 Å². The molecule has 3 rings (SSSR count). The van der Waals surface area contributed by atoms with Gasteiger partial charge in [0.2, 0.25) is 0 Å². The van der Waals surface area contributed by atoms with Crippen molar-refractivity contribution in [2.75, 3.05) is 0 Å². The summed E-state index contributed by atoms with van der Waals surface area (Å²) in [5, 5.41) is 0.552. The molecular weight excluding hydrogens is 296 g/mol. The highest BCUT2D eigenvalue weighted by Gasteiger charge is 2.09. The zero-order chi connectivity index (χ0) is 15.0. The Morgan fingerprint density at radius 3 is 2.81 bits per heavy atom. The standard InChI is InChI=1S/C14H11F2N3OS/c1-19-3-2-8(4-13(19)20)7-21-14-17-11-5-9(15)10(16)6-12(11)18-14/h2-6H,7H2,1H3,(H,17,18). The molecule has 0 saturated carbocycles. The molecule has 0 spiro atoms. The summed E-state index contributed by atoms with van der Waals surface area (Å²) in [7, 11) is 1.68. The Balaban J connectivity index is 1.81. The Bertz CT molecular complexity index is 833. The smallest absolute Gasteiger partial charge is 0.250 e. The molecule has 0 amide bonds. The van der Waals surface area contributed by atoms with Gasteiger partial charge in [0, 0.05) is 37.2 Å². The lowest BCUT2D eigenvalue weighted by Gasteiger charge is -2.00. The number of benzene rings is 1. The van der Waals surface area contributed by atoms with E-state index >= 15 is 0 Å². The molecule has 0 aliphatic rings. The third kappa shape index (κ3) is 2.82. The van der Waals surface area contributed by atoms with Crippen LogP contribution < -0.4 is 5.56 Å². The van der Waals surface area contributed by atoms with Gasteiger partial charge in [-0.05, 0) is 11.6 Å². The minimum Gasteiger partial charge on any atom is -0.333 e. The average Bonchev–Trinajstić information content (AvgIpc) is 2.82. The van der Waals surface area contributed by atoms with E-state index in [1.165, 1.54) is 16.3 Å². The van der Waals surface area contributed by atoms with Gasteiger partial charge in [-0.1, -0.05) is 11.8 Å². The Morgan fingerprint density at radius 1 is 1.29 bits per heavy atom. The van der Waals surface area contributed by atoms with Gasteiger partial charge in [0.15, 0.2) is 16.8 Å². The Labute approximate surface area is 122 Å². The van der Waals surface area contributed by atoms with Crippen LogP contribution in [0.25, 0.3) is 11.0 Å². The van der Waals surface area contributed by atoms with Gasteiger partial charge in [-0.25, -0.2) is 13.8 Å². The molecule has 0 aliphatic carbocycles. The lowest BCUT2D eigenvalue weighted by molar-refractivity contribution is 0.510. The number of nitrogens with one attached hydrogen (secondary N) is 1. The second kappa shape index (κ2) is 5.33. The summed E-state index contributed by atoms with van der Waals surface area (Å²) in [5.74, 6) is -1.28. The van der Waals surface area contributed by atoms with Gasteiger partial charge in [-0.15, -0.1) is 0 Å². The fraction of sp³-hybridized carbons (Fsp3) is 0.143. The van der Waals surface area contributed by atoms with E-state index in [2.05, 4.69) is 9.97 Å². The summed E-state index contributed by atoms with van der Waals surface area (Å²) in [6, 6.07) is 5.54. The molecule has 2 heterocycles. The monoisotopic (exact) mass is 307 g/mol. The molecule has 0 radical (unpaired) electrons. The predicted molar refractivity (Wildman–Crippen MR) is 77.3 cm³/mol. The lowest BCUT2D eigenvalue weighted by Crippen LogP contribution is -2.14. The van der Waals surface area contributed by atoms with Gasteiger partial charge in [0.1, 0.15) is 0 Å². The number of hydrogen-bond acceptors (Lipinski definition) is 3. The number of imidazole rings is 1. The second-order valence-electron chi connectivity index (χ2n) is 4.60. The average molecular weight is 307 g/mol. The molecule has 0 unspecified atom stereocenters. The van der Waals surface area contributed by atoms with Crippen LogP contribution in [-0.4, -0.2) is 14.5 Å². The lowest BCUT2D eigenvalue weighted by atomic mass is 10.3. The number of rotatable bonds is 3. The van der Waals surface area contributed by atoms with Crippen molar-refractivity contribution in [2.45, 2.75) is 10.9 Å². The first-order chi connectivity index (χ1) is 10.0. The second-order valence-corrected chi connectivity index (χ2v) is 5.56. The highest BCUT2D eigenvalue weighted by atomic mass is 32.2. The van der Waals surface area contributed by atoms with Gasteiger partial charge in [-0.3, -0.25) is 4.79 Å². The van der Waals surface area contributed by atoms with E-state index in [1.54, 1.807) is 19.3 Å². The molecule has 7 heteroatoms. The number of halogens is 2. The third-order valence-corrected chi connectivity index (χ3v) is 3.99. The highest BCUT2D eigenvalue weighted by molar-refractivity contribution is 7.98. The normalized spacial score (nSPS) is 11.2. The van der Waals surface area contributed by atoms with Gasteiger partial charge < -0.3 is 9.55 Å². The number of nitrogens with zero attached hydrogens (tertiary/aromatic N) is 2. The molecular formula is C14H11F2N3OS. The molecule has 4 nitrogen and oxygen atoms in total. The molecule has 0 fully saturated rings. The highest BCUT2D eigenvalue weighted by Crippen LogP contribution is 2.24. The minimum absolute atomic E-state index is 0.0816. The summed E-state index contributed by atoms with van der Waals surface area (Å²) in [6.45, 7) is 0. The van der Waals surface area contributed by atoms with Gasteiger partial charge in [0.25, 0.3) is 5.56 Å². The topological polar surface area (TPSA) is 50.7 Å². The minimum atomic E-state index is -0.919. The van der Waals surface area contributed by atoms with E-state index in [1.807, 2.05) is 6.07 Å². The van der Waals surface area contributed by atoms with Gasteiger partial charge in [0.05, 0.1) is 11.0 Å². The summed E-state index contributed by atoms with van der Waals surface area (Å²) in [5.41, 5.74) is 1.60. The summed E-state index contributed by atoms with van der Waals surface area (Å²) in [4.78, 5) is 18.6. The van der Waals surface area contributed by atoms with Crippen LogP contribution in [0.1, 0.15) is 5.56 Å². The van der Waals surface area contributed by atoms with Crippen molar-refractivity contribution in [2.24, 2.45) is 7.05 Å². The quantitative estimate of drug-likeness (QED) is 0.757. The molecule has 3 aromatic rings. The first-order valence-electron chi connectivity index (χ1n) is 6.16. The van der Waals surface area contributed by atoms with Crippen LogP contribution in [0.5, 0.6) is 0 Å². The van der Waals surface area contributed by atoms with Crippen molar-refractivity contribution in [3.63, 3.8) is 0 Å². The molecule has 1 aromatic carbocycles. The van der Waals surface area contributed by atoms with E-state index in [0.717, 1.165) is 17.7 Å². The van der Waals surface area contributed by atoms with Crippen molar-refractivity contribution in [1.29, 1.82) is 0 Å². The fourth-order valence-electron chi connectivity index (χ4n) is 1.88. The molecule has 0 bridgehead atoms. The Morgan fingerprint density at radius 2 is 2.05 bits per heavy atom. The number of H-pyrrole nitrogens is 1.